The molecule has 1 unspecified atom stereocenters. The molecule has 1 saturated heterocycles. The topological polar surface area (TPSA) is 21.7 Å². The van der Waals surface area contributed by atoms with Crippen LogP contribution in [0.1, 0.15) is 33.9 Å². The quantitative estimate of drug-likeness (QED) is 0.247. The summed E-state index contributed by atoms with van der Waals surface area (Å²) in [5.74, 6) is -0.893. The standard InChI is InChI=1S/C27H22F7NO2/c1-17(20-13-21(26(29,30)31)15-22(14-20)27(32,33)34)37-25-24(19-7-9-23(28)10-8-19)35(11-12-36-25)16-18-5-3-2-4-6-18/h2-10,13-15,24-25H,1,11-12,16H2/t24?,25-/m1/s1. The van der Waals surface area contributed by atoms with Crippen LogP contribution >= 0.6 is 0 Å². The summed E-state index contributed by atoms with van der Waals surface area (Å²) in [5.41, 5.74) is -1.89. The number of ether oxygens (including phenoxy) is 2. The van der Waals surface area contributed by atoms with Gasteiger partial charge in [0.15, 0.2) is 0 Å². The van der Waals surface area contributed by atoms with Crippen LogP contribution in [0.3, 0.4) is 0 Å². The molecule has 0 aliphatic carbocycles. The summed E-state index contributed by atoms with van der Waals surface area (Å²) >= 11 is 0. The van der Waals surface area contributed by atoms with Crippen molar-refractivity contribution in [2.45, 2.75) is 31.2 Å². The molecule has 0 aromatic heterocycles. The van der Waals surface area contributed by atoms with Crippen LogP contribution in [-0.4, -0.2) is 24.3 Å². The molecule has 1 aliphatic rings. The molecule has 2 atom stereocenters. The molecule has 0 N–H and O–H groups in total. The monoisotopic (exact) mass is 525 g/mol. The van der Waals surface area contributed by atoms with E-state index in [0.29, 0.717) is 30.8 Å². The fourth-order valence-corrected chi connectivity index (χ4v) is 4.13. The molecule has 0 spiro atoms. The van der Waals surface area contributed by atoms with Gasteiger partial charge < -0.3 is 9.47 Å². The number of morpholine rings is 1. The fourth-order valence-electron chi connectivity index (χ4n) is 4.13. The molecule has 0 amide bonds. The largest absolute Gasteiger partial charge is 0.463 e. The zero-order valence-corrected chi connectivity index (χ0v) is 19.3. The lowest BCUT2D eigenvalue weighted by atomic mass is 10.0. The van der Waals surface area contributed by atoms with Crippen molar-refractivity contribution in [1.29, 1.82) is 0 Å². The van der Waals surface area contributed by atoms with Gasteiger partial charge in [-0.2, -0.15) is 26.3 Å². The summed E-state index contributed by atoms with van der Waals surface area (Å²) < 4.78 is 105. The van der Waals surface area contributed by atoms with Gasteiger partial charge in [0.1, 0.15) is 11.6 Å². The lowest BCUT2D eigenvalue weighted by molar-refractivity contribution is -0.181. The molecule has 0 bridgehead atoms. The van der Waals surface area contributed by atoms with E-state index in [4.69, 9.17) is 9.47 Å². The van der Waals surface area contributed by atoms with E-state index in [-0.39, 0.29) is 12.7 Å². The third-order valence-electron chi connectivity index (χ3n) is 5.92. The van der Waals surface area contributed by atoms with E-state index in [2.05, 4.69) is 6.58 Å². The van der Waals surface area contributed by atoms with Crippen LogP contribution in [0.15, 0.2) is 79.4 Å². The van der Waals surface area contributed by atoms with Gasteiger partial charge in [0, 0.05) is 18.7 Å². The Kier molecular flexibility index (Phi) is 7.61. The van der Waals surface area contributed by atoms with Crippen molar-refractivity contribution in [3.05, 3.63) is 113 Å². The Morgan fingerprint density at radius 3 is 2.05 bits per heavy atom. The minimum absolute atomic E-state index is 0.0385. The predicted molar refractivity (Wildman–Crippen MR) is 122 cm³/mol. The Bertz CT molecular complexity index is 1190. The fraction of sp³-hybridized carbons (Fsp3) is 0.259. The summed E-state index contributed by atoms with van der Waals surface area (Å²) in [7, 11) is 0. The Morgan fingerprint density at radius 1 is 0.892 bits per heavy atom. The Balaban J connectivity index is 1.67. The van der Waals surface area contributed by atoms with Crippen LogP contribution in [0, 0.1) is 5.82 Å². The lowest BCUT2D eigenvalue weighted by Crippen LogP contribution is -2.45. The first-order chi connectivity index (χ1) is 17.4. The lowest BCUT2D eigenvalue weighted by Gasteiger charge is -2.41. The molecular formula is C27H22F7NO2. The maximum atomic E-state index is 13.6. The third-order valence-corrected chi connectivity index (χ3v) is 5.92. The molecule has 0 saturated carbocycles. The number of benzene rings is 3. The first kappa shape index (κ1) is 26.7. The van der Waals surface area contributed by atoms with Gasteiger partial charge in [0.25, 0.3) is 0 Å². The van der Waals surface area contributed by atoms with E-state index in [1.54, 1.807) is 0 Å². The Hall–Kier alpha value is -3.37. The van der Waals surface area contributed by atoms with E-state index in [0.717, 1.165) is 5.56 Å². The van der Waals surface area contributed by atoms with Crippen molar-refractivity contribution in [3.63, 3.8) is 0 Å². The van der Waals surface area contributed by atoms with Crippen molar-refractivity contribution < 1.29 is 40.2 Å². The first-order valence-electron chi connectivity index (χ1n) is 11.2. The number of nitrogens with zero attached hydrogens (tertiary/aromatic N) is 1. The number of rotatable bonds is 6. The third kappa shape index (κ3) is 6.50. The van der Waals surface area contributed by atoms with Crippen molar-refractivity contribution in [2.75, 3.05) is 13.2 Å². The van der Waals surface area contributed by atoms with Gasteiger partial charge in [-0.1, -0.05) is 49.0 Å². The maximum absolute atomic E-state index is 13.6. The zero-order chi connectivity index (χ0) is 26.8. The van der Waals surface area contributed by atoms with Crippen molar-refractivity contribution >= 4 is 5.76 Å². The highest BCUT2D eigenvalue weighted by atomic mass is 19.4. The molecule has 1 aliphatic heterocycles. The van der Waals surface area contributed by atoms with Crippen LogP contribution in [0.2, 0.25) is 0 Å². The second kappa shape index (κ2) is 10.5. The van der Waals surface area contributed by atoms with Gasteiger partial charge in [-0.3, -0.25) is 4.90 Å². The van der Waals surface area contributed by atoms with Crippen molar-refractivity contribution in [1.82, 2.24) is 4.90 Å². The van der Waals surface area contributed by atoms with E-state index in [1.807, 2.05) is 35.2 Å². The number of alkyl halides is 6. The molecule has 3 aromatic carbocycles. The second-order valence-electron chi connectivity index (χ2n) is 8.53. The summed E-state index contributed by atoms with van der Waals surface area (Å²) in [5, 5.41) is 0. The van der Waals surface area contributed by atoms with Gasteiger partial charge in [-0.15, -0.1) is 0 Å². The molecule has 1 fully saturated rings. The number of halogens is 7. The van der Waals surface area contributed by atoms with Crippen molar-refractivity contribution in [2.24, 2.45) is 0 Å². The van der Waals surface area contributed by atoms with E-state index < -0.39 is 53.0 Å². The molecule has 196 valence electrons. The number of hydrogen-bond acceptors (Lipinski definition) is 3. The smallest absolute Gasteiger partial charge is 0.416 e. The van der Waals surface area contributed by atoms with Crippen LogP contribution in [0.4, 0.5) is 30.7 Å². The second-order valence-corrected chi connectivity index (χ2v) is 8.53. The predicted octanol–water partition coefficient (Wildman–Crippen LogP) is 7.45. The molecule has 4 rings (SSSR count). The maximum Gasteiger partial charge on any atom is 0.416 e. The van der Waals surface area contributed by atoms with Gasteiger partial charge >= 0.3 is 12.4 Å². The summed E-state index contributed by atoms with van der Waals surface area (Å²) in [6.07, 6.45) is -11.2. The van der Waals surface area contributed by atoms with Gasteiger partial charge in [-0.25, -0.2) is 4.39 Å². The van der Waals surface area contributed by atoms with Crippen molar-refractivity contribution in [3.8, 4) is 0 Å². The van der Waals surface area contributed by atoms with Crippen LogP contribution in [-0.2, 0) is 28.4 Å². The average Bonchev–Trinajstić information content (AvgIpc) is 2.84. The Morgan fingerprint density at radius 2 is 1.49 bits per heavy atom. The SMILES string of the molecule is C=C(O[C@H]1OCCN(Cc2ccccc2)C1c1ccc(F)cc1)c1cc(C(F)(F)F)cc(C(F)(F)F)c1. The van der Waals surface area contributed by atoms with E-state index in [9.17, 15) is 30.7 Å². The highest BCUT2D eigenvalue weighted by molar-refractivity contribution is 5.60. The molecule has 37 heavy (non-hydrogen) atoms. The summed E-state index contributed by atoms with van der Waals surface area (Å²) in [6, 6.07) is 15.4. The van der Waals surface area contributed by atoms with Crippen LogP contribution in [0.25, 0.3) is 5.76 Å². The summed E-state index contributed by atoms with van der Waals surface area (Å²) in [6.45, 7) is 4.67. The van der Waals surface area contributed by atoms with Gasteiger partial charge in [-0.05, 0) is 41.5 Å². The van der Waals surface area contributed by atoms with Crippen LogP contribution < -0.4 is 0 Å². The highest BCUT2D eigenvalue weighted by Gasteiger charge is 2.39. The average molecular weight is 525 g/mol. The molecule has 0 radical (unpaired) electrons. The molecule has 1 heterocycles. The van der Waals surface area contributed by atoms with Crippen LogP contribution in [0.5, 0.6) is 0 Å². The highest BCUT2D eigenvalue weighted by Crippen LogP contribution is 2.39. The van der Waals surface area contributed by atoms with Gasteiger partial charge in [0.2, 0.25) is 6.29 Å². The first-order valence-corrected chi connectivity index (χ1v) is 11.2. The minimum Gasteiger partial charge on any atom is -0.463 e. The molecule has 10 heteroatoms. The van der Waals surface area contributed by atoms with Gasteiger partial charge in [0.05, 0.1) is 23.8 Å². The minimum atomic E-state index is -5.01. The molecule has 3 aromatic rings. The normalized spacial score (nSPS) is 19.0. The molecular weight excluding hydrogens is 503 g/mol. The van der Waals surface area contributed by atoms with E-state index in [1.165, 1.54) is 24.3 Å². The summed E-state index contributed by atoms with van der Waals surface area (Å²) in [4.78, 5) is 1.98. The molecule has 3 nitrogen and oxygen atoms in total. The zero-order valence-electron chi connectivity index (χ0n) is 19.3. The number of hydrogen-bond donors (Lipinski definition) is 0. The van der Waals surface area contributed by atoms with E-state index >= 15 is 0 Å². The Labute approximate surface area is 208 Å².